The Labute approximate surface area is 191 Å². The van der Waals surface area contributed by atoms with Crippen LogP contribution < -0.4 is 10.2 Å². The zero-order chi connectivity index (χ0) is 23.0. The van der Waals surface area contributed by atoms with E-state index in [0.717, 1.165) is 22.3 Å². The summed E-state index contributed by atoms with van der Waals surface area (Å²) in [4.78, 5) is 26.2. The molecule has 0 atom stereocenters. The largest absolute Gasteiger partial charge is 0.478 e. The number of carbonyl (C=O) groups is 1. The number of Topliss-reactive ketones (excluding diaryl/α,β-unsaturated/α-hetero) is 1. The maximum atomic E-state index is 13.4. The Morgan fingerprint density at radius 2 is 1.59 bits per heavy atom. The molecule has 0 N–H and O–H groups in total. The van der Waals surface area contributed by atoms with Crippen LogP contribution in [-0.4, -0.2) is 12.4 Å². The molecular formula is C27H23ClO4. The first-order chi connectivity index (χ1) is 15.3. The zero-order valence-corrected chi connectivity index (χ0v) is 19.2. The number of benzene rings is 3. The van der Waals surface area contributed by atoms with Gasteiger partial charge in [0.1, 0.15) is 5.58 Å². The number of carbonyl (C=O) groups excluding carboxylic acids is 1. The molecule has 162 valence electrons. The van der Waals surface area contributed by atoms with Gasteiger partial charge in [-0.25, -0.2) is 0 Å². The van der Waals surface area contributed by atoms with E-state index in [1.807, 2.05) is 45.9 Å². The van der Waals surface area contributed by atoms with Crippen molar-refractivity contribution in [2.75, 3.05) is 6.61 Å². The van der Waals surface area contributed by atoms with E-state index >= 15 is 0 Å². The Hall–Kier alpha value is -3.37. The molecule has 0 unspecified atom stereocenters. The maximum absolute atomic E-state index is 13.4. The Bertz CT molecular complexity index is 1420. The van der Waals surface area contributed by atoms with E-state index in [1.165, 1.54) is 0 Å². The second-order valence-corrected chi connectivity index (χ2v) is 8.42. The Kier molecular flexibility index (Phi) is 5.90. The first-order valence-electron chi connectivity index (χ1n) is 10.3. The number of ether oxygens (including phenoxy) is 1. The van der Waals surface area contributed by atoms with Gasteiger partial charge in [0, 0.05) is 11.1 Å². The standard InChI is InChI=1S/C27H23ClO4/c1-15-9-10-19(11-16(15)2)23(29)14-31-27-25(30)21-12-17(3)18(4)13-24(21)32-26(27)20-7-5-6-8-22(20)28/h5-13H,14H2,1-4H3. The lowest BCUT2D eigenvalue weighted by molar-refractivity contribution is 0.0920. The predicted octanol–water partition coefficient (Wildman–Crippen LogP) is 6.61. The number of hydrogen-bond acceptors (Lipinski definition) is 4. The number of hydrogen-bond donors (Lipinski definition) is 0. The zero-order valence-electron chi connectivity index (χ0n) is 18.4. The van der Waals surface area contributed by atoms with Crippen molar-refractivity contribution in [3.63, 3.8) is 0 Å². The van der Waals surface area contributed by atoms with Crippen LogP contribution in [0.2, 0.25) is 5.02 Å². The van der Waals surface area contributed by atoms with E-state index in [1.54, 1.807) is 36.4 Å². The number of rotatable bonds is 5. The van der Waals surface area contributed by atoms with Crippen LogP contribution in [0.1, 0.15) is 32.6 Å². The molecule has 0 saturated heterocycles. The normalized spacial score (nSPS) is 11.0. The van der Waals surface area contributed by atoms with Crippen molar-refractivity contribution < 1.29 is 13.9 Å². The Balaban J connectivity index is 1.82. The molecule has 0 aliphatic rings. The van der Waals surface area contributed by atoms with E-state index in [4.69, 9.17) is 20.8 Å². The summed E-state index contributed by atoms with van der Waals surface area (Å²) in [5.74, 6) is -0.0342. The van der Waals surface area contributed by atoms with Gasteiger partial charge >= 0.3 is 0 Å². The van der Waals surface area contributed by atoms with Gasteiger partial charge in [0.25, 0.3) is 0 Å². The average Bonchev–Trinajstić information content (AvgIpc) is 2.76. The van der Waals surface area contributed by atoms with Gasteiger partial charge in [-0.1, -0.05) is 35.9 Å². The molecule has 0 aliphatic carbocycles. The summed E-state index contributed by atoms with van der Waals surface area (Å²) in [6.45, 7) is 7.53. The second kappa shape index (κ2) is 8.64. The molecule has 0 aliphatic heterocycles. The summed E-state index contributed by atoms with van der Waals surface area (Å²) in [6, 6.07) is 16.2. The molecule has 0 bridgehead atoms. The first-order valence-corrected chi connectivity index (χ1v) is 10.7. The van der Waals surface area contributed by atoms with Crippen LogP contribution >= 0.6 is 11.6 Å². The van der Waals surface area contributed by atoms with E-state index in [0.29, 0.717) is 27.1 Å². The Morgan fingerprint density at radius 1 is 0.906 bits per heavy atom. The SMILES string of the molecule is Cc1ccc(C(=O)COc2c(-c3ccccc3Cl)oc3cc(C)c(C)cc3c2=O)cc1C. The Morgan fingerprint density at radius 3 is 2.31 bits per heavy atom. The molecule has 5 heteroatoms. The van der Waals surface area contributed by atoms with Crippen LogP contribution in [0.25, 0.3) is 22.3 Å². The van der Waals surface area contributed by atoms with Gasteiger partial charge in [0.2, 0.25) is 11.2 Å². The van der Waals surface area contributed by atoms with Gasteiger partial charge in [-0.15, -0.1) is 0 Å². The van der Waals surface area contributed by atoms with Crippen molar-refractivity contribution in [1.82, 2.24) is 0 Å². The smallest absolute Gasteiger partial charge is 0.235 e. The third-order valence-corrected chi connectivity index (χ3v) is 6.09. The maximum Gasteiger partial charge on any atom is 0.235 e. The molecule has 0 spiro atoms. The topological polar surface area (TPSA) is 56.5 Å². The highest BCUT2D eigenvalue weighted by atomic mass is 35.5. The predicted molar refractivity (Wildman–Crippen MR) is 128 cm³/mol. The molecule has 4 nitrogen and oxygen atoms in total. The summed E-state index contributed by atoms with van der Waals surface area (Å²) in [5.41, 5.74) is 5.26. The molecule has 0 fully saturated rings. The fourth-order valence-electron chi connectivity index (χ4n) is 3.52. The van der Waals surface area contributed by atoms with Gasteiger partial charge in [-0.3, -0.25) is 9.59 Å². The highest BCUT2D eigenvalue weighted by Gasteiger charge is 2.21. The second-order valence-electron chi connectivity index (χ2n) is 8.01. The lowest BCUT2D eigenvalue weighted by atomic mass is 10.0. The van der Waals surface area contributed by atoms with Gasteiger partial charge in [0.15, 0.2) is 18.2 Å². The van der Waals surface area contributed by atoms with E-state index < -0.39 is 0 Å². The van der Waals surface area contributed by atoms with Gasteiger partial charge in [-0.2, -0.15) is 0 Å². The molecule has 32 heavy (non-hydrogen) atoms. The minimum absolute atomic E-state index is 0.0222. The summed E-state index contributed by atoms with van der Waals surface area (Å²) < 4.78 is 12.0. The number of halogens is 1. The number of ketones is 1. The van der Waals surface area contributed by atoms with Crippen molar-refractivity contribution in [1.29, 1.82) is 0 Å². The lowest BCUT2D eigenvalue weighted by Crippen LogP contribution is -2.17. The van der Waals surface area contributed by atoms with Crippen LogP contribution in [-0.2, 0) is 0 Å². The fraction of sp³-hybridized carbons (Fsp3) is 0.185. The van der Waals surface area contributed by atoms with Crippen LogP contribution in [0, 0.1) is 27.7 Å². The molecule has 4 aromatic rings. The van der Waals surface area contributed by atoms with E-state index in [2.05, 4.69) is 0 Å². The van der Waals surface area contributed by atoms with Gasteiger partial charge in [0.05, 0.1) is 10.4 Å². The minimum atomic E-state index is -0.336. The van der Waals surface area contributed by atoms with Crippen molar-refractivity contribution in [3.05, 3.63) is 97.7 Å². The molecule has 1 heterocycles. The first kappa shape index (κ1) is 21.8. The van der Waals surface area contributed by atoms with Crippen molar-refractivity contribution in [2.24, 2.45) is 0 Å². The average molecular weight is 447 g/mol. The van der Waals surface area contributed by atoms with E-state index in [9.17, 15) is 9.59 Å². The van der Waals surface area contributed by atoms with Crippen LogP contribution in [0.5, 0.6) is 5.75 Å². The van der Waals surface area contributed by atoms with Gasteiger partial charge in [-0.05, 0) is 80.3 Å². The van der Waals surface area contributed by atoms with Crippen molar-refractivity contribution >= 4 is 28.4 Å². The van der Waals surface area contributed by atoms with E-state index in [-0.39, 0.29) is 29.3 Å². The minimum Gasteiger partial charge on any atom is -0.478 e. The van der Waals surface area contributed by atoms with Gasteiger partial charge < -0.3 is 9.15 Å². The summed E-state index contributed by atoms with van der Waals surface area (Å²) in [7, 11) is 0. The summed E-state index contributed by atoms with van der Waals surface area (Å²) in [5, 5.41) is 0.821. The molecule has 0 saturated carbocycles. The number of fused-ring (bicyclic) bond motifs is 1. The third kappa shape index (κ3) is 4.06. The highest BCUT2D eigenvalue weighted by molar-refractivity contribution is 6.33. The van der Waals surface area contributed by atoms with Crippen LogP contribution in [0.4, 0.5) is 0 Å². The van der Waals surface area contributed by atoms with Crippen LogP contribution in [0.3, 0.4) is 0 Å². The monoisotopic (exact) mass is 446 g/mol. The molecule has 4 rings (SSSR count). The summed E-state index contributed by atoms with van der Waals surface area (Å²) in [6.07, 6.45) is 0. The molecule has 0 radical (unpaired) electrons. The molecule has 0 amide bonds. The quantitative estimate of drug-likeness (QED) is 0.324. The summed E-state index contributed by atoms with van der Waals surface area (Å²) >= 11 is 6.40. The van der Waals surface area contributed by atoms with Crippen molar-refractivity contribution in [3.8, 4) is 17.1 Å². The van der Waals surface area contributed by atoms with Crippen molar-refractivity contribution in [2.45, 2.75) is 27.7 Å². The fourth-order valence-corrected chi connectivity index (χ4v) is 3.74. The molecule has 1 aromatic heterocycles. The number of aryl methyl sites for hydroxylation is 4. The van der Waals surface area contributed by atoms with Crippen LogP contribution in [0.15, 0.2) is 63.8 Å². The molecule has 3 aromatic carbocycles. The lowest BCUT2D eigenvalue weighted by Gasteiger charge is -2.13. The third-order valence-electron chi connectivity index (χ3n) is 5.76. The molecular weight excluding hydrogens is 424 g/mol. The highest BCUT2D eigenvalue weighted by Crippen LogP contribution is 2.35.